The van der Waals surface area contributed by atoms with Crippen LogP contribution in [0.5, 0.6) is 5.75 Å². The highest BCUT2D eigenvalue weighted by Crippen LogP contribution is 2.37. The van der Waals surface area contributed by atoms with E-state index in [-0.39, 0.29) is 7.43 Å². The predicted octanol–water partition coefficient (Wildman–Crippen LogP) is 4.38. The van der Waals surface area contributed by atoms with Gasteiger partial charge in [-0.15, -0.1) is 0 Å². The van der Waals surface area contributed by atoms with Gasteiger partial charge in [-0.2, -0.15) is 0 Å². The number of aryl methyl sites for hydroxylation is 1. The summed E-state index contributed by atoms with van der Waals surface area (Å²) in [7, 11) is 0. The van der Waals surface area contributed by atoms with Crippen molar-refractivity contribution in [2.24, 2.45) is 0 Å². The molecule has 0 heterocycles. The van der Waals surface area contributed by atoms with E-state index in [0.717, 1.165) is 5.56 Å². The number of phenolic OH excluding ortho intramolecular Hbond substituents is 1. The summed E-state index contributed by atoms with van der Waals surface area (Å²) in [6.45, 7) is 1.97. The van der Waals surface area contributed by atoms with Crippen molar-refractivity contribution in [1.29, 1.82) is 0 Å². The monoisotopic (exact) mass is 206 g/mol. The van der Waals surface area contributed by atoms with E-state index in [1.807, 2.05) is 13.0 Å². The highest BCUT2D eigenvalue weighted by molar-refractivity contribution is 5.41. The van der Waals surface area contributed by atoms with Crippen LogP contribution in [0.25, 0.3) is 0 Å². The highest BCUT2D eigenvalue weighted by atomic mass is 16.3. The minimum absolute atomic E-state index is 0. The fourth-order valence-corrected chi connectivity index (χ4v) is 2.42. The molecule has 15 heavy (non-hydrogen) atoms. The summed E-state index contributed by atoms with van der Waals surface area (Å²) in [6, 6.07) is 6.11. The number of phenols is 1. The van der Waals surface area contributed by atoms with E-state index in [2.05, 4.69) is 12.1 Å². The Bertz CT molecular complexity index is 311. The molecule has 1 aliphatic carbocycles. The van der Waals surface area contributed by atoms with E-state index >= 15 is 0 Å². The Kier molecular flexibility index (Phi) is 4.19. The van der Waals surface area contributed by atoms with Gasteiger partial charge < -0.3 is 5.11 Å². The Morgan fingerprint density at radius 3 is 2.47 bits per heavy atom. The van der Waals surface area contributed by atoms with Crippen LogP contribution in [0.4, 0.5) is 0 Å². The Morgan fingerprint density at radius 1 is 1.13 bits per heavy atom. The standard InChI is InChI=1S/C13H18O.CH4/c1-10-6-5-9-12(13(10)14)11-7-3-2-4-8-11;/h5-6,9,11,14H,2-4,7-8H2,1H3;1H4. The molecule has 0 aliphatic heterocycles. The average molecular weight is 206 g/mol. The molecule has 1 fully saturated rings. The van der Waals surface area contributed by atoms with Gasteiger partial charge in [0, 0.05) is 0 Å². The van der Waals surface area contributed by atoms with Crippen LogP contribution in [-0.2, 0) is 0 Å². The third-order valence-electron chi connectivity index (χ3n) is 3.31. The molecule has 2 rings (SSSR count). The van der Waals surface area contributed by atoms with Crippen LogP contribution in [0.3, 0.4) is 0 Å². The third-order valence-corrected chi connectivity index (χ3v) is 3.31. The van der Waals surface area contributed by atoms with Crippen molar-refractivity contribution < 1.29 is 5.11 Å². The minimum Gasteiger partial charge on any atom is -0.507 e. The second-order valence-corrected chi connectivity index (χ2v) is 4.35. The zero-order chi connectivity index (χ0) is 9.97. The molecule has 84 valence electrons. The smallest absolute Gasteiger partial charge is 0.121 e. The van der Waals surface area contributed by atoms with Crippen LogP contribution in [0.1, 0.15) is 56.6 Å². The van der Waals surface area contributed by atoms with E-state index in [1.165, 1.54) is 37.7 Å². The van der Waals surface area contributed by atoms with Gasteiger partial charge in [0.25, 0.3) is 0 Å². The Morgan fingerprint density at radius 2 is 1.80 bits per heavy atom. The van der Waals surface area contributed by atoms with Gasteiger partial charge in [0.1, 0.15) is 5.75 Å². The molecule has 1 N–H and O–H groups in total. The maximum Gasteiger partial charge on any atom is 0.121 e. The summed E-state index contributed by atoms with van der Waals surface area (Å²) in [5, 5.41) is 9.95. The van der Waals surface area contributed by atoms with Gasteiger partial charge in [-0.1, -0.05) is 44.9 Å². The molecule has 1 nitrogen and oxygen atoms in total. The molecule has 0 spiro atoms. The first-order valence-electron chi connectivity index (χ1n) is 5.57. The summed E-state index contributed by atoms with van der Waals surface area (Å²) in [5.41, 5.74) is 2.18. The Hall–Kier alpha value is -0.980. The van der Waals surface area contributed by atoms with Crippen molar-refractivity contribution in [2.45, 2.75) is 52.4 Å². The van der Waals surface area contributed by atoms with Crippen molar-refractivity contribution in [1.82, 2.24) is 0 Å². The van der Waals surface area contributed by atoms with Gasteiger partial charge in [-0.3, -0.25) is 0 Å². The molecule has 1 heteroatoms. The average Bonchev–Trinajstić information content (AvgIpc) is 2.23. The minimum atomic E-state index is 0. The molecule has 1 aromatic rings. The number of hydrogen-bond acceptors (Lipinski definition) is 1. The van der Waals surface area contributed by atoms with Gasteiger partial charge in [0.15, 0.2) is 0 Å². The first kappa shape index (κ1) is 12.1. The molecular weight excluding hydrogens is 184 g/mol. The summed E-state index contributed by atoms with van der Waals surface area (Å²) < 4.78 is 0. The second-order valence-electron chi connectivity index (χ2n) is 4.35. The molecule has 0 radical (unpaired) electrons. The normalized spacial score (nSPS) is 17.1. The van der Waals surface area contributed by atoms with Crippen LogP contribution >= 0.6 is 0 Å². The van der Waals surface area contributed by atoms with E-state index in [9.17, 15) is 5.11 Å². The molecule has 1 saturated carbocycles. The zero-order valence-corrected chi connectivity index (χ0v) is 8.79. The number of para-hydroxylation sites is 1. The van der Waals surface area contributed by atoms with Gasteiger partial charge >= 0.3 is 0 Å². The fourth-order valence-electron chi connectivity index (χ4n) is 2.42. The summed E-state index contributed by atoms with van der Waals surface area (Å²) >= 11 is 0. The molecule has 0 aromatic heterocycles. The molecular formula is C14H22O. The lowest BCUT2D eigenvalue weighted by Crippen LogP contribution is -2.04. The van der Waals surface area contributed by atoms with Gasteiger partial charge in [0.05, 0.1) is 0 Å². The number of rotatable bonds is 1. The predicted molar refractivity (Wildman–Crippen MR) is 65.4 cm³/mol. The third kappa shape index (κ3) is 2.53. The van der Waals surface area contributed by atoms with Crippen molar-refractivity contribution in [3.05, 3.63) is 29.3 Å². The lowest BCUT2D eigenvalue weighted by atomic mass is 9.83. The van der Waals surface area contributed by atoms with Crippen molar-refractivity contribution in [2.75, 3.05) is 0 Å². The highest BCUT2D eigenvalue weighted by Gasteiger charge is 2.18. The van der Waals surface area contributed by atoms with Crippen LogP contribution in [-0.4, -0.2) is 5.11 Å². The number of benzene rings is 1. The summed E-state index contributed by atoms with van der Waals surface area (Å²) in [6.07, 6.45) is 6.49. The molecule has 0 amide bonds. The molecule has 1 aliphatic rings. The largest absolute Gasteiger partial charge is 0.507 e. The van der Waals surface area contributed by atoms with Crippen molar-refractivity contribution in [3.8, 4) is 5.75 Å². The second kappa shape index (κ2) is 5.20. The van der Waals surface area contributed by atoms with Crippen LogP contribution in [0.2, 0.25) is 0 Å². The molecule has 0 bridgehead atoms. The fraction of sp³-hybridized carbons (Fsp3) is 0.571. The van der Waals surface area contributed by atoms with E-state index in [1.54, 1.807) is 0 Å². The Labute approximate surface area is 93.1 Å². The van der Waals surface area contributed by atoms with Gasteiger partial charge in [-0.05, 0) is 36.8 Å². The van der Waals surface area contributed by atoms with Crippen LogP contribution in [0, 0.1) is 6.92 Å². The van der Waals surface area contributed by atoms with Gasteiger partial charge in [-0.25, -0.2) is 0 Å². The topological polar surface area (TPSA) is 20.2 Å². The molecule has 0 unspecified atom stereocenters. The van der Waals surface area contributed by atoms with E-state index < -0.39 is 0 Å². The lowest BCUT2D eigenvalue weighted by Gasteiger charge is -2.23. The Balaban J connectivity index is 0.00000112. The maximum atomic E-state index is 9.95. The zero-order valence-electron chi connectivity index (χ0n) is 8.79. The first-order chi connectivity index (χ1) is 6.79. The molecule has 1 aromatic carbocycles. The quantitative estimate of drug-likeness (QED) is 0.722. The summed E-state index contributed by atoms with van der Waals surface area (Å²) in [4.78, 5) is 0. The van der Waals surface area contributed by atoms with Crippen LogP contribution < -0.4 is 0 Å². The first-order valence-corrected chi connectivity index (χ1v) is 5.57. The maximum absolute atomic E-state index is 9.95. The van der Waals surface area contributed by atoms with E-state index in [4.69, 9.17) is 0 Å². The SMILES string of the molecule is C.Cc1cccc(C2CCCCC2)c1O. The lowest BCUT2D eigenvalue weighted by molar-refractivity contribution is 0.412. The van der Waals surface area contributed by atoms with Gasteiger partial charge in [0.2, 0.25) is 0 Å². The molecule has 0 atom stereocenters. The van der Waals surface area contributed by atoms with Crippen LogP contribution in [0.15, 0.2) is 18.2 Å². The molecule has 0 saturated heterocycles. The van der Waals surface area contributed by atoms with Crippen molar-refractivity contribution in [3.63, 3.8) is 0 Å². The number of hydrogen-bond donors (Lipinski definition) is 1. The number of aromatic hydroxyl groups is 1. The van der Waals surface area contributed by atoms with Crippen molar-refractivity contribution >= 4 is 0 Å². The van der Waals surface area contributed by atoms with E-state index in [0.29, 0.717) is 11.7 Å². The summed E-state index contributed by atoms with van der Waals surface area (Å²) in [5.74, 6) is 1.13.